The van der Waals surface area contributed by atoms with E-state index in [4.69, 9.17) is 0 Å². The van der Waals surface area contributed by atoms with Crippen LogP contribution in [0, 0.1) is 5.92 Å². The summed E-state index contributed by atoms with van der Waals surface area (Å²) in [5.41, 5.74) is 0. The highest BCUT2D eigenvalue weighted by molar-refractivity contribution is 5.81. The average molecular weight is 268 g/mol. The summed E-state index contributed by atoms with van der Waals surface area (Å²) in [6.07, 6.45) is 8.47. The lowest BCUT2D eigenvalue weighted by atomic mass is 9.83. The third-order valence-electron chi connectivity index (χ3n) is 4.41. The van der Waals surface area contributed by atoms with Gasteiger partial charge in [-0.15, -0.1) is 0 Å². The molecule has 1 amide bonds. The third kappa shape index (κ3) is 5.52. The predicted molar refractivity (Wildman–Crippen MR) is 81.1 cm³/mol. The Morgan fingerprint density at radius 3 is 2.53 bits per heavy atom. The minimum Gasteiger partial charge on any atom is -0.352 e. The molecule has 3 nitrogen and oxygen atoms in total. The van der Waals surface area contributed by atoms with Crippen LogP contribution >= 0.6 is 0 Å². The first-order chi connectivity index (χ1) is 9.08. The molecular formula is C16H32N2O. The van der Waals surface area contributed by atoms with Crippen LogP contribution in [-0.2, 0) is 4.79 Å². The molecule has 0 aromatic rings. The fraction of sp³-hybridized carbons (Fsp3) is 0.938. The molecule has 1 aliphatic rings. The molecule has 0 radical (unpaired) electrons. The van der Waals surface area contributed by atoms with Gasteiger partial charge in [0.05, 0.1) is 6.04 Å². The Morgan fingerprint density at radius 1 is 1.21 bits per heavy atom. The quantitative estimate of drug-likeness (QED) is 0.744. The van der Waals surface area contributed by atoms with Crippen molar-refractivity contribution in [3.63, 3.8) is 0 Å². The zero-order valence-corrected chi connectivity index (χ0v) is 13.2. The normalized spacial score (nSPS) is 26.7. The van der Waals surface area contributed by atoms with Crippen molar-refractivity contribution in [3.05, 3.63) is 0 Å². The van der Waals surface area contributed by atoms with Crippen LogP contribution in [0.5, 0.6) is 0 Å². The monoisotopic (exact) mass is 268 g/mol. The molecule has 3 heteroatoms. The topological polar surface area (TPSA) is 41.1 Å². The Bertz CT molecular complexity index is 267. The first-order valence-electron chi connectivity index (χ1n) is 8.14. The molecule has 0 saturated heterocycles. The molecule has 112 valence electrons. The van der Waals surface area contributed by atoms with Crippen LogP contribution in [0.25, 0.3) is 0 Å². The molecule has 0 aromatic carbocycles. The van der Waals surface area contributed by atoms with E-state index in [2.05, 4.69) is 31.4 Å². The highest BCUT2D eigenvalue weighted by Crippen LogP contribution is 2.26. The molecule has 0 aromatic heterocycles. The van der Waals surface area contributed by atoms with E-state index in [1.165, 1.54) is 25.7 Å². The van der Waals surface area contributed by atoms with Crippen molar-refractivity contribution in [3.8, 4) is 0 Å². The molecule has 4 unspecified atom stereocenters. The molecule has 0 spiro atoms. The summed E-state index contributed by atoms with van der Waals surface area (Å²) >= 11 is 0. The van der Waals surface area contributed by atoms with Gasteiger partial charge in [-0.3, -0.25) is 4.79 Å². The molecule has 0 aliphatic heterocycles. The minimum atomic E-state index is -0.0824. The van der Waals surface area contributed by atoms with Gasteiger partial charge in [0, 0.05) is 12.1 Å². The van der Waals surface area contributed by atoms with Crippen LogP contribution in [-0.4, -0.2) is 24.0 Å². The lowest BCUT2D eigenvalue weighted by Gasteiger charge is -2.32. The lowest BCUT2D eigenvalue weighted by Crippen LogP contribution is -2.51. The largest absolute Gasteiger partial charge is 0.352 e. The van der Waals surface area contributed by atoms with Gasteiger partial charge < -0.3 is 10.6 Å². The Morgan fingerprint density at radius 2 is 1.89 bits per heavy atom. The van der Waals surface area contributed by atoms with Gasteiger partial charge in [0.25, 0.3) is 0 Å². The summed E-state index contributed by atoms with van der Waals surface area (Å²) in [7, 11) is 0. The van der Waals surface area contributed by atoms with Crippen LogP contribution in [0.1, 0.15) is 72.6 Å². The van der Waals surface area contributed by atoms with Crippen molar-refractivity contribution in [2.24, 2.45) is 5.92 Å². The van der Waals surface area contributed by atoms with Gasteiger partial charge in [0.1, 0.15) is 0 Å². The van der Waals surface area contributed by atoms with Crippen molar-refractivity contribution < 1.29 is 4.79 Å². The van der Waals surface area contributed by atoms with E-state index in [9.17, 15) is 4.79 Å². The van der Waals surface area contributed by atoms with E-state index in [0.717, 1.165) is 19.3 Å². The molecular weight excluding hydrogens is 236 g/mol. The SMILES string of the molecule is CCCC(C)NC(C)C(=O)NC1CCCCC1CC. The van der Waals surface area contributed by atoms with Gasteiger partial charge in [-0.05, 0) is 39.0 Å². The van der Waals surface area contributed by atoms with E-state index in [1.54, 1.807) is 0 Å². The molecule has 2 N–H and O–H groups in total. The van der Waals surface area contributed by atoms with Gasteiger partial charge in [-0.1, -0.05) is 39.5 Å². The van der Waals surface area contributed by atoms with Crippen LogP contribution in [0.2, 0.25) is 0 Å². The summed E-state index contributed by atoms with van der Waals surface area (Å²) in [6.45, 7) is 8.55. The van der Waals surface area contributed by atoms with E-state index in [1.807, 2.05) is 6.92 Å². The smallest absolute Gasteiger partial charge is 0.237 e. The first-order valence-corrected chi connectivity index (χ1v) is 8.14. The molecule has 0 bridgehead atoms. The number of rotatable bonds is 7. The van der Waals surface area contributed by atoms with Crippen LogP contribution < -0.4 is 10.6 Å². The molecule has 0 heterocycles. The maximum atomic E-state index is 12.2. The molecule has 1 saturated carbocycles. The number of hydrogen-bond donors (Lipinski definition) is 2. The van der Waals surface area contributed by atoms with Gasteiger partial charge in [0.15, 0.2) is 0 Å². The first kappa shape index (κ1) is 16.5. The Hall–Kier alpha value is -0.570. The van der Waals surface area contributed by atoms with Crippen molar-refractivity contribution in [1.29, 1.82) is 0 Å². The zero-order chi connectivity index (χ0) is 14.3. The number of carbonyl (C=O) groups is 1. The van der Waals surface area contributed by atoms with Crippen LogP contribution in [0.3, 0.4) is 0 Å². The van der Waals surface area contributed by atoms with E-state index < -0.39 is 0 Å². The van der Waals surface area contributed by atoms with Crippen molar-refractivity contribution in [1.82, 2.24) is 10.6 Å². The molecule has 1 aliphatic carbocycles. The number of amides is 1. The third-order valence-corrected chi connectivity index (χ3v) is 4.41. The summed E-state index contributed by atoms with van der Waals surface area (Å²) in [5.74, 6) is 0.853. The predicted octanol–water partition coefficient (Wildman–Crippen LogP) is 3.24. The molecule has 1 rings (SSSR count). The maximum absolute atomic E-state index is 12.2. The minimum absolute atomic E-state index is 0.0824. The standard InChI is InChI=1S/C16H32N2O/c1-5-9-12(3)17-13(4)16(19)18-15-11-8-7-10-14(15)6-2/h12-15,17H,5-11H2,1-4H3,(H,18,19). The second kappa shape index (κ2) is 8.57. The van der Waals surface area contributed by atoms with Gasteiger partial charge >= 0.3 is 0 Å². The van der Waals surface area contributed by atoms with E-state index in [0.29, 0.717) is 18.0 Å². The Balaban J connectivity index is 2.39. The molecule has 1 fully saturated rings. The maximum Gasteiger partial charge on any atom is 0.237 e. The Kier molecular flexibility index (Phi) is 7.44. The van der Waals surface area contributed by atoms with Crippen molar-refractivity contribution in [2.45, 2.75) is 90.8 Å². The Labute approximate surface area is 118 Å². The number of nitrogens with one attached hydrogen (secondary N) is 2. The zero-order valence-electron chi connectivity index (χ0n) is 13.2. The summed E-state index contributed by atoms with van der Waals surface area (Å²) in [6, 6.07) is 0.733. The molecule has 4 atom stereocenters. The average Bonchev–Trinajstić information content (AvgIpc) is 2.39. The second-order valence-electron chi connectivity index (χ2n) is 6.15. The number of carbonyl (C=O) groups excluding carboxylic acids is 1. The van der Waals surface area contributed by atoms with Gasteiger partial charge in [-0.25, -0.2) is 0 Å². The van der Waals surface area contributed by atoms with Gasteiger partial charge in [-0.2, -0.15) is 0 Å². The van der Waals surface area contributed by atoms with Gasteiger partial charge in [0.2, 0.25) is 5.91 Å². The fourth-order valence-corrected chi connectivity index (χ4v) is 3.21. The second-order valence-corrected chi connectivity index (χ2v) is 6.15. The highest BCUT2D eigenvalue weighted by Gasteiger charge is 2.26. The lowest BCUT2D eigenvalue weighted by molar-refractivity contribution is -0.124. The van der Waals surface area contributed by atoms with Crippen LogP contribution in [0.4, 0.5) is 0 Å². The van der Waals surface area contributed by atoms with Crippen molar-refractivity contribution >= 4 is 5.91 Å². The summed E-state index contributed by atoms with van der Waals surface area (Å²) in [5, 5.41) is 6.66. The van der Waals surface area contributed by atoms with E-state index in [-0.39, 0.29) is 11.9 Å². The van der Waals surface area contributed by atoms with Crippen LogP contribution in [0.15, 0.2) is 0 Å². The summed E-state index contributed by atoms with van der Waals surface area (Å²) in [4.78, 5) is 12.2. The highest BCUT2D eigenvalue weighted by atomic mass is 16.2. The van der Waals surface area contributed by atoms with Crippen molar-refractivity contribution in [2.75, 3.05) is 0 Å². The fourth-order valence-electron chi connectivity index (χ4n) is 3.21. The van der Waals surface area contributed by atoms with E-state index >= 15 is 0 Å². The summed E-state index contributed by atoms with van der Waals surface area (Å²) < 4.78 is 0. The number of hydrogen-bond acceptors (Lipinski definition) is 2. The molecule has 19 heavy (non-hydrogen) atoms.